The molecule has 0 heterocycles. The SMILES string of the molecule is CNCc1cc(C)ccc1Oc1cc(F)cc(F)c1. The molecule has 0 bridgehead atoms. The molecular formula is C15H15F2NO. The van der Waals surface area contributed by atoms with Gasteiger partial charge in [-0.1, -0.05) is 17.7 Å². The summed E-state index contributed by atoms with van der Waals surface area (Å²) in [5.41, 5.74) is 2.04. The van der Waals surface area contributed by atoms with Gasteiger partial charge < -0.3 is 10.1 Å². The highest BCUT2D eigenvalue weighted by Gasteiger charge is 2.07. The third-order valence-corrected chi connectivity index (χ3v) is 2.65. The van der Waals surface area contributed by atoms with Crippen LogP contribution in [0, 0.1) is 18.6 Å². The van der Waals surface area contributed by atoms with E-state index < -0.39 is 11.6 Å². The van der Waals surface area contributed by atoms with E-state index in [1.807, 2.05) is 26.1 Å². The van der Waals surface area contributed by atoms with Crippen molar-refractivity contribution in [3.8, 4) is 11.5 Å². The van der Waals surface area contributed by atoms with E-state index in [0.29, 0.717) is 12.3 Å². The van der Waals surface area contributed by atoms with Gasteiger partial charge in [-0.25, -0.2) is 8.78 Å². The van der Waals surface area contributed by atoms with Crippen molar-refractivity contribution in [3.05, 3.63) is 59.2 Å². The average molecular weight is 263 g/mol. The number of benzene rings is 2. The highest BCUT2D eigenvalue weighted by Crippen LogP contribution is 2.27. The normalized spacial score (nSPS) is 10.5. The molecule has 0 spiro atoms. The van der Waals surface area contributed by atoms with Crippen LogP contribution < -0.4 is 10.1 Å². The summed E-state index contributed by atoms with van der Waals surface area (Å²) in [5.74, 6) is -0.571. The summed E-state index contributed by atoms with van der Waals surface area (Å²) in [5, 5.41) is 3.03. The zero-order valence-electron chi connectivity index (χ0n) is 10.8. The van der Waals surface area contributed by atoms with Crippen LogP contribution in [0.3, 0.4) is 0 Å². The van der Waals surface area contributed by atoms with E-state index in [0.717, 1.165) is 29.3 Å². The second-order valence-electron chi connectivity index (χ2n) is 4.35. The van der Waals surface area contributed by atoms with E-state index in [2.05, 4.69) is 5.32 Å². The Bertz CT molecular complexity index is 564. The minimum absolute atomic E-state index is 0.152. The Morgan fingerprint density at radius 1 is 1.05 bits per heavy atom. The molecule has 0 aromatic heterocycles. The smallest absolute Gasteiger partial charge is 0.133 e. The Hall–Kier alpha value is -1.94. The van der Waals surface area contributed by atoms with Crippen LogP contribution >= 0.6 is 0 Å². The number of rotatable bonds is 4. The molecule has 2 aromatic rings. The average Bonchev–Trinajstić information content (AvgIpc) is 2.32. The predicted molar refractivity (Wildman–Crippen MR) is 70.4 cm³/mol. The van der Waals surface area contributed by atoms with Crippen molar-refractivity contribution < 1.29 is 13.5 Å². The van der Waals surface area contributed by atoms with Crippen molar-refractivity contribution in [3.63, 3.8) is 0 Å². The zero-order chi connectivity index (χ0) is 13.8. The summed E-state index contributed by atoms with van der Waals surface area (Å²) in [7, 11) is 1.83. The minimum Gasteiger partial charge on any atom is -0.457 e. The van der Waals surface area contributed by atoms with E-state index in [1.54, 1.807) is 6.07 Å². The molecule has 100 valence electrons. The molecule has 4 heteroatoms. The quantitative estimate of drug-likeness (QED) is 0.906. The van der Waals surface area contributed by atoms with Gasteiger partial charge in [-0.2, -0.15) is 0 Å². The maximum atomic E-state index is 13.1. The first kappa shape index (κ1) is 13.5. The van der Waals surface area contributed by atoms with Crippen LogP contribution in [0.25, 0.3) is 0 Å². The van der Waals surface area contributed by atoms with E-state index in [-0.39, 0.29) is 5.75 Å². The molecule has 0 aliphatic carbocycles. The minimum atomic E-state index is -0.655. The van der Waals surface area contributed by atoms with Gasteiger partial charge in [-0.3, -0.25) is 0 Å². The molecule has 0 saturated heterocycles. The molecule has 0 radical (unpaired) electrons. The number of ether oxygens (including phenoxy) is 1. The van der Waals surface area contributed by atoms with Gasteiger partial charge in [-0.05, 0) is 20.0 Å². The van der Waals surface area contributed by atoms with Crippen LogP contribution in [0.4, 0.5) is 8.78 Å². The van der Waals surface area contributed by atoms with E-state index in [9.17, 15) is 8.78 Å². The van der Waals surface area contributed by atoms with Crippen LogP contribution in [0.2, 0.25) is 0 Å². The number of hydrogen-bond donors (Lipinski definition) is 1. The predicted octanol–water partition coefficient (Wildman–Crippen LogP) is 3.78. The number of nitrogens with one attached hydrogen (secondary N) is 1. The second kappa shape index (κ2) is 5.80. The molecule has 0 fully saturated rings. The fourth-order valence-corrected chi connectivity index (χ4v) is 1.85. The highest BCUT2D eigenvalue weighted by molar-refractivity contribution is 5.40. The molecule has 19 heavy (non-hydrogen) atoms. The lowest BCUT2D eigenvalue weighted by atomic mass is 10.1. The van der Waals surface area contributed by atoms with E-state index in [1.165, 1.54) is 0 Å². The molecule has 0 aliphatic heterocycles. The molecular weight excluding hydrogens is 248 g/mol. The second-order valence-corrected chi connectivity index (χ2v) is 4.35. The largest absolute Gasteiger partial charge is 0.457 e. The molecule has 0 saturated carbocycles. The fraction of sp³-hybridized carbons (Fsp3) is 0.200. The third-order valence-electron chi connectivity index (χ3n) is 2.65. The molecule has 0 unspecified atom stereocenters. The number of halogens is 2. The first-order valence-corrected chi connectivity index (χ1v) is 5.96. The lowest BCUT2D eigenvalue weighted by Gasteiger charge is -2.12. The van der Waals surface area contributed by atoms with Crippen LogP contribution in [0.1, 0.15) is 11.1 Å². The summed E-state index contributed by atoms with van der Waals surface area (Å²) in [6.07, 6.45) is 0. The van der Waals surface area contributed by atoms with Gasteiger partial charge >= 0.3 is 0 Å². The molecule has 2 aromatic carbocycles. The molecule has 0 atom stereocenters. The number of aryl methyl sites for hydroxylation is 1. The molecule has 2 rings (SSSR count). The maximum Gasteiger partial charge on any atom is 0.133 e. The van der Waals surface area contributed by atoms with Crippen molar-refractivity contribution in [1.82, 2.24) is 5.32 Å². The summed E-state index contributed by atoms with van der Waals surface area (Å²) in [6.45, 7) is 2.60. The Balaban J connectivity index is 2.31. The van der Waals surface area contributed by atoms with Crippen molar-refractivity contribution >= 4 is 0 Å². The lowest BCUT2D eigenvalue weighted by molar-refractivity contribution is 0.461. The first-order chi connectivity index (χ1) is 9.08. The van der Waals surface area contributed by atoms with Gasteiger partial charge in [0.15, 0.2) is 0 Å². The maximum absolute atomic E-state index is 13.1. The Kier molecular flexibility index (Phi) is 4.12. The van der Waals surface area contributed by atoms with Gasteiger partial charge in [0.25, 0.3) is 0 Å². The van der Waals surface area contributed by atoms with Crippen LogP contribution in [0.5, 0.6) is 11.5 Å². The van der Waals surface area contributed by atoms with Gasteiger partial charge in [-0.15, -0.1) is 0 Å². The summed E-state index contributed by atoms with van der Waals surface area (Å²) in [4.78, 5) is 0. The Labute approximate surface area is 111 Å². The summed E-state index contributed by atoms with van der Waals surface area (Å²) in [6, 6.07) is 8.80. The Morgan fingerprint density at radius 2 is 1.74 bits per heavy atom. The molecule has 1 N–H and O–H groups in total. The van der Waals surface area contributed by atoms with Crippen molar-refractivity contribution in [2.75, 3.05) is 7.05 Å². The monoisotopic (exact) mass is 263 g/mol. The lowest BCUT2D eigenvalue weighted by Crippen LogP contribution is -2.06. The fourth-order valence-electron chi connectivity index (χ4n) is 1.85. The van der Waals surface area contributed by atoms with E-state index >= 15 is 0 Å². The summed E-state index contributed by atoms with van der Waals surface area (Å²) < 4.78 is 31.8. The summed E-state index contributed by atoms with van der Waals surface area (Å²) >= 11 is 0. The molecule has 2 nitrogen and oxygen atoms in total. The standard InChI is InChI=1S/C15H15F2NO/c1-10-3-4-15(11(5-10)9-18-2)19-14-7-12(16)6-13(17)8-14/h3-8,18H,9H2,1-2H3. The van der Waals surface area contributed by atoms with Gasteiger partial charge in [0.1, 0.15) is 23.1 Å². The zero-order valence-corrected chi connectivity index (χ0v) is 10.8. The third kappa shape index (κ3) is 3.51. The molecule has 0 aliphatic rings. The Morgan fingerprint density at radius 3 is 2.37 bits per heavy atom. The highest BCUT2D eigenvalue weighted by atomic mass is 19.1. The van der Waals surface area contributed by atoms with Crippen molar-refractivity contribution in [2.24, 2.45) is 0 Å². The van der Waals surface area contributed by atoms with Crippen LogP contribution in [0.15, 0.2) is 36.4 Å². The first-order valence-electron chi connectivity index (χ1n) is 5.96. The topological polar surface area (TPSA) is 21.3 Å². The van der Waals surface area contributed by atoms with Crippen molar-refractivity contribution in [1.29, 1.82) is 0 Å². The van der Waals surface area contributed by atoms with Crippen LogP contribution in [-0.4, -0.2) is 7.05 Å². The van der Waals surface area contributed by atoms with Crippen LogP contribution in [-0.2, 0) is 6.54 Å². The van der Waals surface area contributed by atoms with Gasteiger partial charge in [0.05, 0.1) is 0 Å². The van der Waals surface area contributed by atoms with Crippen molar-refractivity contribution in [2.45, 2.75) is 13.5 Å². The molecule has 0 amide bonds. The van der Waals surface area contributed by atoms with Gasteiger partial charge in [0.2, 0.25) is 0 Å². The number of hydrogen-bond acceptors (Lipinski definition) is 2. The van der Waals surface area contributed by atoms with Gasteiger partial charge in [0, 0.05) is 30.3 Å². The van der Waals surface area contributed by atoms with E-state index in [4.69, 9.17) is 4.74 Å².